The van der Waals surface area contributed by atoms with Crippen LogP contribution in [0, 0.1) is 5.82 Å². The van der Waals surface area contributed by atoms with E-state index in [1.807, 2.05) is 0 Å². The summed E-state index contributed by atoms with van der Waals surface area (Å²) in [4.78, 5) is 7.12. The fourth-order valence-electron chi connectivity index (χ4n) is 1.41. The highest BCUT2D eigenvalue weighted by Crippen LogP contribution is 2.15. The van der Waals surface area contributed by atoms with Crippen molar-refractivity contribution < 1.29 is 9.50 Å². The minimum Gasteiger partial charge on any atom is -0.396 e. The molecule has 0 aliphatic carbocycles. The van der Waals surface area contributed by atoms with Crippen molar-refractivity contribution in [3.05, 3.63) is 29.8 Å². The first-order valence-electron chi connectivity index (χ1n) is 4.55. The number of H-pyrrole nitrogens is 1. The molecule has 0 fully saturated rings. The smallest absolute Gasteiger partial charge is 0.151 e. The summed E-state index contributed by atoms with van der Waals surface area (Å²) in [7, 11) is 0. The molecule has 0 aliphatic rings. The van der Waals surface area contributed by atoms with E-state index in [-0.39, 0.29) is 12.4 Å². The molecular formula is C10H11FN2O. The van der Waals surface area contributed by atoms with E-state index in [0.29, 0.717) is 23.9 Å². The largest absolute Gasteiger partial charge is 0.396 e. The molecule has 0 atom stereocenters. The summed E-state index contributed by atoms with van der Waals surface area (Å²) in [6.45, 7) is 0.125. The third kappa shape index (κ3) is 1.61. The van der Waals surface area contributed by atoms with Crippen molar-refractivity contribution in [1.82, 2.24) is 9.97 Å². The standard InChI is InChI=1S/C10H11FN2O/c11-7-3-1-4-8-10(7)13-9(12-8)5-2-6-14/h1,3-4,14H,2,5-6H2,(H,12,13). The number of benzene rings is 1. The van der Waals surface area contributed by atoms with Crippen LogP contribution >= 0.6 is 0 Å². The summed E-state index contributed by atoms with van der Waals surface area (Å²) in [5.74, 6) is 0.410. The van der Waals surface area contributed by atoms with E-state index in [1.54, 1.807) is 12.1 Å². The van der Waals surface area contributed by atoms with Crippen molar-refractivity contribution in [3.8, 4) is 0 Å². The van der Waals surface area contributed by atoms with Crippen molar-refractivity contribution in [2.45, 2.75) is 12.8 Å². The van der Waals surface area contributed by atoms with Crippen LogP contribution in [-0.4, -0.2) is 21.7 Å². The highest BCUT2D eigenvalue weighted by atomic mass is 19.1. The van der Waals surface area contributed by atoms with Crippen LogP contribution in [0.15, 0.2) is 18.2 Å². The van der Waals surface area contributed by atoms with E-state index in [1.165, 1.54) is 6.07 Å². The highest BCUT2D eigenvalue weighted by molar-refractivity contribution is 5.75. The second-order valence-electron chi connectivity index (χ2n) is 3.15. The van der Waals surface area contributed by atoms with Gasteiger partial charge in [0.2, 0.25) is 0 Å². The van der Waals surface area contributed by atoms with Crippen LogP contribution in [0.25, 0.3) is 11.0 Å². The van der Waals surface area contributed by atoms with Crippen molar-refractivity contribution >= 4 is 11.0 Å². The van der Waals surface area contributed by atoms with E-state index < -0.39 is 0 Å². The lowest BCUT2D eigenvalue weighted by Gasteiger charge is -1.90. The summed E-state index contributed by atoms with van der Waals surface area (Å²) in [5, 5.41) is 8.64. The number of aromatic nitrogens is 2. The summed E-state index contributed by atoms with van der Waals surface area (Å²) >= 11 is 0. The first kappa shape index (κ1) is 9.15. The predicted octanol–water partition coefficient (Wildman–Crippen LogP) is 1.63. The van der Waals surface area contributed by atoms with Crippen molar-refractivity contribution in [2.75, 3.05) is 6.61 Å². The molecule has 1 aromatic carbocycles. The van der Waals surface area contributed by atoms with Gasteiger partial charge in [0.25, 0.3) is 0 Å². The zero-order chi connectivity index (χ0) is 9.97. The van der Waals surface area contributed by atoms with Crippen LogP contribution in [0.4, 0.5) is 4.39 Å². The number of hydrogen-bond acceptors (Lipinski definition) is 2. The second kappa shape index (κ2) is 3.75. The van der Waals surface area contributed by atoms with E-state index in [4.69, 9.17) is 5.11 Å². The Morgan fingerprint density at radius 1 is 1.43 bits per heavy atom. The maximum atomic E-state index is 13.2. The second-order valence-corrected chi connectivity index (χ2v) is 3.15. The van der Waals surface area contributed by atoms with Gasteiger partial charge in [0.15, 0.2) is 5.82 Å². The quantitative estimate of drug-likeness (QED) is 0.780. The molecule has 2 rings (SSSR count). The number of aryl methyl sites for hydroxylation is 1. The van der Waals surface area contributed by atoms with E-state index >= 15 is 0 Å². The Bertz CT molecular complexity index is 439. The molecule has 0 saturated carbocycles. The summed E-state index contributed by atoms with van der Waals surface area (Å²) in [6, 6.07) is 4.82. The monoisotopic (exact) mass is 194 g/mol. The van der Waals surface area contributed by atoms with Gasteiger partial charge in [-0.1, -0.05) is 6.07 Å². The minimum atomic E-state index is -0.311. The molecule has 2 N–H and O–H groups in total. The lowest BCUT2D eigenvalue weighted by Crippen LogP contribution is -1.91. The molecule has 0 saturated heterocycles. The average molecular weight is 194 g/mol. The SMILES string of the molecule is OCCCc1nc2c(F)cccc2[nH]1. The molecule has 1 heterocycles. The van der Waals surface area contributed by atoms with E-state index in [9.17, 15) is 4.39 Å². The van der Waals surface area contributed by atoms with Gasteiger partial charge in [0, 0.05) is 13.0 Å². The van der Waals surface area contributed by atoms with Crippen molar-refractivity contribution in [2.24, 2.45) is 0 Å². The highest BCUT2D eigenvalue weighted by Gasteiger charge is 2.05. The summed E-state index contributed by atoms with van der Waals surface area (Å²) < 4.78 is 13.2. The molecule has 1 aromatic heterocycles. The Morgan fingerprint density at radius 2 is 2.29 bits per heavy atom. The molecule has 74 valence electrons. The third-order valence-electron chi connectivity index (χ3n) is 2.08. The Balaban J connectivity index is 2.36. The van der Waals surface area contributed by atoms with Crippen LogP contribution in [0.2, 0.25) is 0 Å². The molecular weight excluding hydrogens is 183 g/mol. The fourth-order valence-corrected chi connectivity index (χ4v) is 1.41. The first-order chi connectivity index (χ1) is 6.81. The Kier molecular flexibility index (Phi) is 2.45. The van der Waals surface area contributed by atoms with Gasteiger partial charge in [-0.2, -0.15) is 0 Å². The van der Waals surface area contributed by atoms with Gasteiger partial charge in [-0.05, 0) is 18.6 Å². The Hall–Kier alpha value is -1.42. The van der Waals surface area contributed by atoms with E-state index in [2.05, 4.69) is 9.97 Å². The van der Waals surface area contributed by atoms with Gasteiger partial charge in [-0.3, -0.25) is 0 Å². The molecule has 0 radical (unpaired) electrons. The molecule has 0 aliphatic heterocycles. The minimum absolute atomic E-state index is 0.125. The number of imidazole rings is 1. The van der Waals surface area contributed by atoms with Crippen molar-refractivity contribution in [1.29, 1.82) is 0 Å². The molecule has 4 heteroatoms. The first-order valence-corrected chi connectivity index (χ1v) is 4.55. The van der Waals surface area contributed by atoms with Gasteiger partial charge >= 0.3 is 0 Å². The van der Waals surface area contributed by atoms with Crippen LogP contribution in [0.5, 0.6) is 0 Å². The summed E-state index contributed by atoms with van der Waals surface area (Å²) in [5.41, 5.74) is 1.08. The molecule has 0 bridgehead atoms. The predicted molar refractivity (Wildman–Crippen MR) is 51.5 cm³/mol. The Labute approximate surface area is 80.6 Å². The Morgan fingerprint density at radius 3 is 3.00 bits per heavy atom. The molecule has 3 nitrogen and oxygen atoms in total. The van der Waals surface area contributed by atoms with Gasteiger partial charge in [0.05, 0.1) is 5.52 Å². The number of hydrogen-bond donors (Lipinski definition) is 2. The third-order valence-corrected chi connectivity index (χ3v) is 2.08. The zero-order valence-corrected chi connectivity index (χ0v) is 7.63. The van der Waals surface area contributed by atoms with Crippen molar-refractivity contribution in [3.63, 3.8) is 0 Å². The lowest BCUT2D eigenvalue weighted by molar-refractivity contribution is 0.287. The maximum absolute atomic E-state index is 13.2. The van der Waals surface area contributed by atoms with Crippen LogP contribution in [-0.2, 0) is 6.42 Å². The topological polar surface area (TPSA) is 48.9 Å². The number of rotatable bonds is 3. The van der Waals surface area contributed by atoms with Crippen LogP contribution in [0.3, 0.4) is 0 Å². The molecule has 0 amide bonds. The number of halogens is 1. The van der Waals surface area contributed by atoms with Gasteiger partial charge < -0.3 is 10.1 Å². The molecule has 2 aromatic rings. The van der Waals surface area contributed by atoms with Gasteiger partial charge in [-0.25, -0.2) is 9.37 Å². The number of aliphatic hydroxyl groups excluding tert-OH is 1. The normalized spacial score (nSPS) is 11.0. The number of aromatic amines is 1. The number of nitrogens with zero attached hydrogens (tertiary/aromatic N) is 1. The zero-order valence-electron chi connectivity index (χ0n) is 7.63. The maximum Gasteiger partial charge on any atom is 0.151 e. The average Bonchev–Trinajstić information content (AvgIpc) is 2.59. The number of para-hydroxylation sites is 1. The van der Waals surface area contributed by atoms with Gasteiger partial charge in [0.1, 0.15) is 11.3 Å². The molecule has 0 spiro atoms. The van der Waals surface area contributed by atoms with Gasteiger partial charge in [-0.15, -0.1) is 0 Å². The number of fused-ring (bicyclic) bond motifs is 1. The molecule has 0 unspecified atom stereocenters. The summed E-state index contributed by atoms with van der Waals surface area (Å²) in [6.07, 6.45) is 1.28. The number of nitrogens with one attached hydrogen (secondary N) is 1. The van der Waals surface area contributed by atoms with Crippen LogP contribution in [0.1, 0.15) is 12.2 Å². The number of aliphatic hydroxyl groups is 1. The fraction of sp³-hybridized carbons (Fsp3) is 0.300. The van der Waals surface area contributed by atoms with E-state index in [0.717, 1.165) is 5.82 Å². The van der Waals surface area contributed by atoms with Crippen LogP contribution < -0.4 is 0 Å². The lowest BCUT2D eigenvalue weighted by atomic mass is 10.3. The molecule has 14 heavy (non-hydrogen) atoms.